The van der Waals surface area contributed by atoms with Crippen molar-refractivity contribution in [1.29, 1.82) is 0 Å². The number of benzene rings is 1. The summed E-state index contributed by atoms with van der Waals surface area (Å²) < 4.78 is 26.5. The maximum absolute atomic E-state index is 12.0. The molecule has 0 aromatic heterocycles. The molecular weight excluding hydrogens is 415 g/mol. The molecule has 0 fully saturated rings. The van der Waals surface area contributed by atoms with Crippen LogP contribution in [0.15, 0.2) is 40.2 Å². The fourth-order valence-corrected chi connectivity index (χ4v) is 2.71. The number of aliphatic imine (C=N–C) groups is 1. The van der Waals surface area contributed by atoms with E-state index in [0.717, 1.165) is 19.4 Å². The van der Waals surface area contributed by atoms with E-state index in [2.05, 4.69) is 27.3 Å². The fraction of sp³-hybridized carbons (Fsp3) is 0.500. The molecule has 0 bridgehead atoms. The number of unbranched alkanes of at least 4 members (excludes halogenated alkanes) is 1. The number of nitrogens with one attached hydrogen (secondary N) is 3. The van der Waals surface area contributed by atoms with Gasteiger partial charge in [-0.2, -0.15) is 0 Å². The first kappa shape index (κ1) is 21.1. The Bertz CT molecular complexity index is 535. The van der Waals surface area contributed by atoms with Gasteiger partial charge in [0.2, 0.25) is 10.0 Å². The molecule has 0 aliphatic carbocycles. The summed E-state index contributed by atoms with van der Waals surface area (Å²) in [5.74, 6) is 0.683. The highest BCUT2D eigenvalue weighted by Crippen LogP contribution is 2.06. The largest absolute Gasteiger partial charge is 0.356 e. The van der Waals surface area contributed by atoms with Gasteiger partial charge in [-0.05, 0) is 18.6 Å². The predicted octanol–water partition coefficient (Wildman–Crippen LogP) is 1.55. The van der Waals surface area contributed by atoms with Crippen molar-refractivity contribution in [3.05, 3.63) is 30.3 Å². The topological polar surface area (TPSA) is 82.6 Å². The van der Waals surface area contributed by atoms with Crippen LogP contribution in [0, 0.1) is 0 Å². The molecule has 0 spiro atoms. The van der Waals surface area contributed by atoms with Gasteiger partial charge in [-0.15, -0.1) is 24.0 Å². The fourth-order valence-electron chi connectivity index (χ4n) is 1.65. The van der Waals surface area contributed by atoms with Crippen LogP contribution >= 0.6 is 24.0 Å². The Labute approximate surface area is 150 Å². The second-order valence-corrected chi connectivity index (χ2v) is 6.26. The smallest absolute Gasteiger partial charge is 0.240 e. The van der Waals surface area contributed by atoms with Gasteiger partial charge in [0.1, 0.15) is 0 Å². The Balaban J connectivity index is 0.00000441. The molecule has 0 amide bonds. The molecule has 1 rings (SSSR count). The standard InChI is InChI=1S/C14H24N4O2S.HI/c1-3-4-10-16-14(15-2)17-11-12-18-21(19,20)13-8-6-5-7-9-13;/h5-9,18H,3-4,10-12H2,1-2H3,(H2,15,16,17);1H. The van der Waals surface area contributed by atoms with Crippen molar-refractivity contribution in [2.45, 2.75) is 24.7 Å². The second-order valence-electron chi connectivity index (χ2n) is 4.49. The quantitative estimate of drug-likeness (QED) is 0.248. The molecule has 1 aromatic rings. The average Bonchev–Trinajstić information content (AvgIpc) is 2.50. The minimum Gasteiger partial charge on any atom is -0.356 e. The second kappa shape index (κ2) is 11.7. The summed E-state index contributed by atoms with van der Waals surface area (Å²) in [5.41, 5.74) is 0. The maximum atomic E-state index is 12.0. The van der Waals surface area contributed by atoms with Crippen LogP contribution in [-0.2, 0) is 10.0 Å². The third kappa shape index (κ3) is 7.95. The molecular formula is C14H25IN4O2S. The van der Waals surface area contributed by atoms with Gasteiger partial charge >= 0.3 is 0 Å². The zero-order valence-electron chi connectivity index (χ0n) is 13.0. The monoisotopic (exact) mass is 440 g/mol. The minimum atomic E-state index is -3.44. The molecule has 22 heavy (non-hydrogen) atoms. The number of hydrogen-bond donors (Lipinski definition) is 3. The zero-order chi connectivity index (χ0) is 15.6. The van der Waals surface area contributed by atoms with Crippen molar-refractivity contribution in [2.75, 3.05) is 26.7 Å². The number of halogens is 1. The van der Waals surface area contributed by atoms with E-state index in [4.69, 9.17) is 0 Å². The van der Waals surface area contributed by atoms with Crippen molar-refractivity contribution in [3.8, 4) is 0 Å². The summed E-state index contributed by atoms with van der Waals surface area (Å²) in [4.78, 5) is 4.34. The van der Waals surface area contributed by atoms with E-state index in [1.54, 1.807) is 37.4 Å². The molecule has 0 saturated carbocycles. The van der Waals surface area contributed by atoms with Crippen LogP contribution in [-0.4, -0.2) is 41.1 Å². The molecule has 1 aromatic carbocycles. The summed E-state index contributed by atoms with van der Waals surface area (Å²) in [6, 6.07) is 8.33. The number of nitrogens with zero attached hydrogens (tertiary/aromatic N) is 1. The van der Waals surface area contributed by atoms with Crippen LogP contribution in [0.25, 0.3) is 0 Å². The van der Waals surface area contributed by atoms with Crippen LogP contribution in [0.4, 0.5) is 0 Å². The Morgan fingerprint density at radius 1 is 1.09 bits per heavy atom. The van der Waals surface area contributed by atoms with Crippen LogP contribution < -0.4 is 15.4 Å². The van der Waals surface area contributed by atoms with Crippen molar-refractivity contribution in [1.82, 2.24) is 15.4 Å². The zero-order valence-corrected chi connectivity index (χ0v) is 16.1. The highest BCUT2D eigenvalue weighted by Gasteiger charge is 2.11. The molecule has 0 heterocycles. The molecule has 0 unspecified atom stereocenters. The number of rotatable bonds is 8. The maximum Gasteiger partial charge on any atom is 0.240 e. The van der Waals surface area contributed by atoms with E-state index >= 15 is 0 Å². The molecule has 126 valence electrons. The van der Waals surface area contributed by atoms with Gasteiger partial charge in [-0.25, -0.2) is 13.1 Å². The van der Waals surface area contributed by atoms with E-state index < -0.39 is 10.0 Å². The molecule has 0 aliphatic rings. The Kier molecular flexibility index (Phi) is 11.2. The van der Waals surface area contributed by atoms with E-state index in [1.165, 1.54) is 0 Å². The normalized spacial score (nSPS) is 11.6. The SMILES string of the molecule is CCCCNC(=NC)NCCNS(=O)(=O)c1ccccc1.I. The molecule has 0 radical (unpaired) electrons. The van der Waals surface area contributed by atoms with Crippen molar-refractivity contribution in [3.63, 3.8) is 0 Å². The van der Waals surface area contributed by atoms with Gasteiger partial charge in [-0.3, -0.25) is 4.99 Å². The van der Waals surface area contributed by atoms with E-state index in [-0.39, 0.29) is 28.9 Å². The lowest BCUT2D eigenvalue weighted by molar-refractivity contribution is 0.580. The summed E-state index contributed by atoms with van der Waals surface area (Å²) in [5, 5.41) is 6.23. The lowest BCUT2D eigenvalue weighted by atomic mass is 10.3. The van der Waals surface area contributed by atoms with Gasteiger partial charge in [0.25, 0.3) is 0 Å². The third-order valence-electron chi connectivity index (χ3n) is 2.81. The predicted molar refractivity (Wildman–Crippen MR) is 101 cm³/mol. The highest BCUT2D eigenvalue weighted by atomic mass is 127. The first-order chi connectivity index (χ1) is 10.1. The Hall–Kier alpha value is -0.870. The first-order valence-electron chi connectivity index (χ1n) is 7.09. The average molecular weight is 440 g/mol. The first-order valence-corrected chi connectivity index (χ1v) is 8.57. The van der Waals surface area contributed by atoms with E-state index in [9.17, 15) is 8.42 Å². The summed E-state index contributed by atoms with van der Waals surface area (Å²) in [6.07, 6.45) is 2.18. The van der Waals surface area contributed by atoms with E-state index in [0.29, 0.717) is 19.0 Å². The third-order valence-corrected chi connectivity index (χ3v) is 4.29. The molecule has 3 N–H and O–H groups in total. The summed E-state index contributed by atoms with van der Waals surface area (Å²) in [7, 11) is -1.75. The molecule has 8 heteroatoms. The van der Waals surface area contributed by atoms with Gasteiger partial charge < -0.3 is 10.6 Å². The molecule has 6 nitrogen and oxygen atoms in total. The minimum absolute atomic E-state index is 0. The van der Waals surface area contributed by atoms with E-state index in [1.807, 2.05) is 0 Å². The lowest BCUT2D eigenvalue weighted by Gasteiger charge is -2.12. The number of hydrogen-bond acceptors (Lipinski definition) is 3. The van der Waals surface area contributed by atoms with Crippen molar-refractivity contribution < 1.29 is 8.42 Å². The molecule has 0 aliphatic heterocycles. The van der Waals surface area contributed by atoms with Gasteiger partial charge in [-0.1, -0.05) is 31.5 Å². The summed E-state index contributed by atoms with van der Waals surface area (Å²) in [6.45, 7) is 3.74. The molecule has 0 atom stereocenters. The number of sulfonamides is 1. The summed E-state index contributed by atoms with van der Waals surface area (Å²) >= 11 is 0. The Morgan fingerprint density at radius 2 is 1.73 bits per heavy atom. The lowest BCUT2D eigenvalue weighted by Crippen LogP contribution is -2.41. The van der Waals surface area contributed by atoms with Crippen LogP contribution in [0.3, 0.4) is 0 Å². The molecule has 0 saturated heterocycles. The number of guanidine groups is 1. The van der Waals surface area contributed by atoms with Crippen molar-refractivity contribution >= 4 is 40.0 Å². The van der Waals surface area contributed by atoms with Crippen LogP contribution in [0.1, 0.15) is 19.8 Å². The Morgan fingerprint density at radius 3 is 2.32 bits per heavy atom. The highest BCUT2D eigenvalue weighted by molar-refractivity contribution is 14.0. The van der Waals surface area contributed by atoms with Gasteiger partial charge in [0.15, 0.2) is 5.96 Å². The van der Waals surface area contributed by atoms with Gasteiger partial charge in [0, 0.05) is 26.7 Å². The van der Waals surface area contributed by atoms with Crippen molar-refractivity contribution in [2.24, 2.45) is 4.99 Å². The van der Waals surface area contributed by atoms with Crippen LogP contribution in [0.2, 0.25) is 0 Å². The van der Waals surface area contributed by atoms with Gasteiger partial charge in [0.05, 0.1) is 4.90 Å². The van der Waals surface area contributed by atoms with Crippen LogP contribution in [0.5, 0.6) is 0 Å².